The van der Waals surface area contributed by atoms with Gasteiger partial charge in [-0.25, -0.2) is 0 Å². The molecule has 0 saturated carbocycles. The van der Waals surface area contributed by atoms with Gasteiger partial charge in [0.15, 0.2) is 5.65 Å². The Balaban J connectivity index is 0.000000361. The fourth-order valence-electron chi connectivity index (χ4n) is 2.22. The van der Waals surface area contributed by atoms with Crippen LogP contribution < -0.4 is 10.6 Å². The Morgan fingerprint density at radius 2 is 2.10 bits per heavy atom. The van der Waals surface area contributed by atoms with E-state index in [0.29, 0.717) is 12.2 Å². The van der Waals surface area contributed by atoms with Crippen LogP contribution in [0.15, 0.2) is 6.20 Å². The third kappa shape index (κ3) is 3.94. The van der Waals surface area contributed by atoms with Gasteiger partial charge in [-0.2, -0.15) is 28.2 Å². The average Bonchev–Trinajstić information content (AvgIpc) is 2.85. The molecule has 1 aliphatic heterocycles. The van der Waals surface area contributed by atoms with Crippen molar-refractivity contribution in [1.29, 1.82) is 0 Å². The van der Waals surface area contributed by atoms with Gasteiger partial charge in [-0.1, -0.05) is 0 Å². The normalized spacial score (nSPS) is 18.7. The maximum Gasteiger partial charge on any atom is 0.379 e. The molecule has 10 heteroatoms. The topological polar surface area (TPSA) is 104 Å². The summed E-state index contributed by atoms with van der Waals surface area (Å²) in [5, 5.41) is 17.3. The standard InChI is InChI=1S/C10H14N6O.CHF3/c11-10-13-8-7(4-12-15-8)9(14-10)16-3-1-2-6(17)5-16;2-1(3)4/h4,6,17H,1-3,5H2,(H3,11,12,13,14,15);1H. The van der Waals surface area contributed by atoms with Gasteiger partial charge in [0.1, 0.15) is 5.82 Å². The Morgan fingerprint density at radius 1 is 1.38 bits per heavy atom. The van der Waals surface area contributed by atoms with Crippen LogP contribution in [0, 0.1) is 0 Å². The van der Waals surface area contributed by atoms with Gasteiger partial charge >= 0.3 is 6.68 Å². The Hall–Kier alpha value is -2.10. The van der Waals surface area contributed by atoms with E-state index in [0.717, 1.165) is 30.6 Å². The number of aliphatic hydroxyl groups excluding tert-OH is 1. The van der Waals surface area contributed by atoms with Crippen molar-refractivity contribution < 1.29 is 18.3 Å². The van der Waals surface area contributed by atoms with E-state index in [9.17, 15) is 18.3 Å². The summed E-state index contributed by atoms with van der Waals surface area (Å²) in [5.74, 6) is 0.969. The van der Waals surface area contributed by atoms with E-state index in [4.69, 9.17) is 5.73 Å². The second-order valence-electron chi connectivity index (χ2n) is 4.53. The number of H-pyrrole nitrogens is 1. The molecule has 0 radical (unpaired) electrons. The summed E-state index contributed by atoms with van der Waals surface area (Å²) in [6.07, 6.45) is 3.17. The Bertz CT molecular complexity index is 590. The molecule has 0 bridgehead atoms. The number of aliphatic hydroxyl groups is 1. The van der Waals surface area contributed by atoms with Crippen molar-refractivity contribution in [2.45, 2.75) is 25.6 Å². The van der Waals surface area contributed by atoms with E-state index >= 15 is 0 Å². The van der Waals surface area contributed by atoms with Crippen LogP contribution in [0.1, 0.15) is 12.8 Å². The van der Waals surface area contributed by atoms with Gasteiger partial charge in [-0.3, -0.25) is 5.10 Å². The molecule has 1 atom stereocenters. The lowest BCUT2D eigenvalue weighted by Gasteiger charge is -2.31. The van der Waals surface area contributed by atoms with E-state index in [-0.39, 0.29) is 12.1 Å². The Kier molecular flexibility index (Phi) is 4.78. The number of hydrogen-bond donors (Lipinski definition) is 3. The number of β-amino-alcohol motifs (C(OH)–C–C–N with tert-alkyl or cyclic N) is 1. The number of aromatic amines is 1. The van der Waals surface area contributed by atoms with Crippen LogP contribution in [0.5, 0.6) is 0 Å². The van der Waals surface area contributed by atoms with Crippen LogP contribution in [0.3, 0.4) is 0 Å². The summed E-state index contributed by atoms with van der Waals surface area (Å²) in [7, 11) is 0. The fourth-order valence-corrected chi connectivity index (χ4v) is 2.22. The predicted octanol–water partition coefficient (Wildman–Crippen LogP) is 1.07. The molecule has 1 fully saturated rings. The minimum atomic E-state index is -3.67. The van der Waals surface area contributed by atoms with E-state index in [1.165, 1.54) is 0 Å². The number of rotatable bonds is 1. The van der Waals surface area contributed by atoms with E-state index in [2.05, 4.69) is 20.2 Å². The van der Waals surface area contributed by atoms with Gasteiger partial charge < -0.3 is 15.7 Å². The van der Waals surface area contributed by atoms with Crippen LogP contribution >= 0.6 is 0 Å². The van der Waals surface area contributed by atoms with Crippen LogP contribution in [0.4, 0.5) is 24.9 Å². The number of anilines is 2. The summed E-state index contributed by atoms with van der Waals surface area (Å²) in [4.78, 5) is 10.4. The number of nitrogens with one attached hydrogen (secondary N) is 1. The molecule has 21 heavy (non-hydrogen) atoms. The van der Waals surface area contributed by atoms with Crippen LogP contribution in [0.25, 0.3) is 11.0 Å². The Morgan fingerprint density at radius 3 is 2.76 bits per heavy atom. The van der Waals surface area contributed by atoms with Crippen molar-refractivity contribution in [1.82, 2.24) is 20.2 Å². The molecule has 0 spiro atoms. The number of nitrogens with two attached hydrogens (primary N) is 1. The van der Waals surface area contributed by atoms with E-state index in [1.807, 2.05) is 4.90 Å². The number of fused-ring (bicyclic) bond motifs is 1. The smallest absolute Gasteiger partial charge is 0.379 e. The highest BCUT2D eigenvalue weighted by Crippen LogP contribution is 2.25. The molecule has 7 nitrogen and oxygen atoms in total. The van der Waals surface area contributed by atoms with Gasteiger partial charge in [0.2, 0.25) is 5.95 Å². The molecule has 2 aromatic rings. The third-order valence-electron chi connectivity index (χ3n) is 3.00. The van der Waals surface area contributed by atoms with Gasteiger partial charge in [0.25, 0.3) is 0 Å². The zero-order chi connectivity index (χ0) is 15.4. The lowest BCUT2D eigenvalue weighted by Crippen LogP contribution is -2.38. The lowest BCUT2D eigenvalue weighted by atomic mass is 10.1. The highest BCUT2D eigenvalue weighted by molar-refractivity contribution is 5.87. The molecular formula is C11H15F3N6O. The number of nitrogens with zero attached hydrogens (tertiary/aromatic N) is 4. The highest BCUT2D eigenvalue weighted by Gasteiger charge is 2.21. The van der Waals surface area contributed by atoms with Crippen molar-refractivity contribution in [3.8, 4) is 0 Å². The molecule has 3 rings (SSSR count). The molecule has 116 valence electrons. The quantitative estimate of drug-likeness (QED) is 0.728. The second kappa shape index (κ2) is 6.57. The summed E-state index contributed by atoms with van der Waals surface area (Å²) < 4.78 is 29.0. The molecule has 1 aliphatic rings. The predicted molar refractivity (Wildman–Crippen MR) is 70.7 cm³/mol. The first-order valence-electron chi connectivity index (χ1n) is 6.29. The van der Waals surface area contributed by atoms with Crippen molar-refractivity contribution in [2.75, 3.05) is 23.7 Å². The van der Waals surface area contributed by atoms with Gasteiger partial charge in [0.05, 0.1) is 17.7 Å². The summed E-state index contributed by atoms with van der Waals surface area (Å²) >= 11 is 0. The molecule has 4 N–H and O–H groups in total. The minimum Gasteiger partial charge on any atom is -0.391 e. The molecule has 1 unspecified atom stereocenters. The molecule has 0 aliphatic carbocycles. The average molecular weight is 304 g/mol. The van der Waals surface area contributed by atoms with Crippen LogP contribution in [-0.2, 0) is 0 Å². The molecular weight excluding hydrogens is 289 g/mol. The Labute approximate surface area is 118 Å². The van der Waals surface area contributed by atoms with Crippen molar-refractivity contribution in [2.24, 2.45) is 0 Å². The monoisotopic (exact) mass is 304 g/mol. The molecule has 0 amide bonds. The number of nitrogen functional groups attached to an aromatic ring is 1. The number of halogens is 3. The molecule has 3 heterocycles. The number of alkyl halides is 3. The highest BCUT2D eigenvalue weighted by atomic mass is 19.4. The zero-order valence-corrected chi connectivity index (χ0v) is 11.0. The number of piperidine rings is 1. The van der Waals surface area contributed by atoms with Gasteiger partial charge in [-0.15, -0.1) is 0 Å². The van der Waals surface area contributed by atoms with Crippen LogP contribution in [0.2, 0.25) is 0 Å². The minimum absolute atomic E-state index is 0.219. The number of aromatic nitrogens is 4. The SMILES string of the molecule is FC(F)F.Nc1nc(N2CCCC(O)C2)c2cn[nH]c2n1. The first kappa shape index (κ1) is 15.3. The zero-order valence-electron chi connectivity index (χ0n) is 11.0. The van der Waals surface area contributed by atoms with Crippen molar-refractivity contribution in [3.63, 3.8) is 0 Å². The van der Waals surface area contributed by atoms with E-state index in [1.54, 1.807) is 6.20 Å². The van der Waals surface area contributed by atoms with Crippen molar-refractivity contribution >= 4 is 22.8 Å². The largest absolute Gasteiger partial charge is 0.391 e. The van der Waals surface area contributed by atoms with Gasteiger partial charge in [-0.05, 0) is 12.8 Å². The summed E-state index contributed by atoms with van der Waals surface area (Å²) in [6.45, 7) is -2.22. The van der Waals surface area contributed by atoms with E-state index < -0.39 is 6.68 Å². The lowest BCUT2D eigenvalue weighted by molar-refractivity contribution is 0.00819. The second-order valence-corrected chi connectivity index (χ2v) is 4.53. The van der Waals surface area contributed by atoms with Gasteiger partial charge in [0, 0.05) is 13.1 Å². The first-order chi connectivity index (χ1) is 9.97. The molecule has 1 saturated heterocycles. The van der Waals surface area contributed by atoms with Crippen LogP contribution in [-0.4, -0.2) is 51.1 Å². The third-order valence-corrected chi connectivity index (χ3v) is 3.00. The first-order valence-corrected chi connectivity index (χ1v) is 6.29. The van der Waals surface area contributed by atoms with Crippen molar-refractivity contribution in [3.05, 3.63) is 6.20 Å². The molecule has 0 aromatic carbocycles. The summed E-state index contributed by atoms with van der Waals surface area (Å²) in [6, 6.07) is 0. The number of hydrogen-bond acceptors (Lipinski definition) is 6. The maximum atomic E-state index is 9.69. The molecule has 2 aromatic heterocycles. The maximum absolute atomic E-state index is 9.69. The summed E-state index contributed by atoms with van der Waals surface area (Å²) in [5.41, 5.74) is 6.30. The fraction of sp³-hybridized carbons (Fsp3) is 0.545.